The highest BCUT2D eigenvalue weighted by Crippen LogP contribution is 2.24. The molecule has 2 aromatic carbocycles. The van der Waals surface area contributed by atoms with Gasteiger partial charge in [0.25, 0.3) is 0 Å². The number of nitrogens with zero attached hydrogens (tertiary/aromatic N) is 3. The summed E-state index contributed by atoms with van der Waals surface area (Å²) in [5.74, 6) is 0.0923. The van der Waals surface area contributed by atoms with Gasteiger partial charge in [-0.05, 0) is 55.2 Å². The fourth-order valence-corrected chi connectivity index (χ4v) is 3.52. The SMILES string of the molecule is O=C(CCc1cnn(-c2ccccc2)c1)Nc1cccc(N2CCCCC2=O)c1. The summed E-state index contributed by atoms with van der Waals surface area (Å²) in [7, 11) is 0. The largest absolute Gasteiger partial charge is 0.326 e. The van der Waals surface area contributed by atoms with Gasteiger partial charge in [-0.3, -0.25) is 9.59 Å². The molecule has 0 aliphatic carbocycles. The van der Waals surface area contributed by atoms with E-state index in [0.29, 0.717) is 24.9 Å². The fraction of sp³-hybridized carbons (Fsp3) is 0.261. The van der Waals surface area contributed by atoms with Crippen molar-refractivity contribution in [2.75, 3.05) is 16.8 Å². The summed E-state index contributed by atoms with van der Waals surface area (Å²) in [5, 5.41) is 7.31. The van der Waals surface area contributed by atoms with Crippen LogP contribution in [-0.2, 0) is 16.0 Å². The third-order valence-corrected chi connectivity index (χ3v) is 5.06. The van der Waals surface area contributed by atoms with E-state index in [-0.39, 0.29) is 11.8 Å². The van der Waals surface area contributed by atoms with Crippen molar-refractivity contribution in [3.05, 3.63) is 72.6 Å². The van der Waals surface area contributed by atoms with Crippen molar-refractivity contribution in [2.24, 2.45) is 0 Å². The number of anilines is 2. The molecule has 6 heteroatoms. The number of hydrogen-bond donors (Lipinski definition) is 1. The van der Waals surface area contributed by atoms with Gasteiger partial charge < -0.3 is 10.2 Å². The second-order valence-corrected chi connectivity index (χ2v) is 7.23. The number of carbonyl (C=O) groups excluding carboxylic acids is 2. The van der Waals surface area contributed by atoms with Crippen LogP contribution in [0.2, 0.25) is 0 Å². The van der Waals surface area contributed by atoms with Crippen molar-refractivity contribution in [2.45, 2.75) is 32.1 Å². The van der Waals surface area contributed by atoms with Gasteiger partial charge in [0.2, 0.25) is 11.8 Å². The van der Waals surface area contributed by atoms with Crippen LogP contribution in [0.3, 0.4) is 0 Å². The molecule has 2 amide bonds. The molecule has 4 rings (SSSR count). The molecule has 0 radical (unpaired) electrons. The third-order valence-electron chi connectivity index (χ3n) is 5.06. The first kappa shape index (κ1) is 18.9. The summed E-state index contributed by atoms with van der Waals surface area (Å²) in [5.41, 5.74) is 3.56. The topological polar surface area (TPSA) is 67.2 Å². The first-order valence-corrected chi connectivity index (χ1v) is 9.98. The molecule has 6 nitrogen and oxygen atoms in total. The number of benzene rings is 2. The lowest BCUT2D eigenvalue weighted by Gasteiger charge is -2.27. The maximum absolute atomic E-state index is 12.4. The molecule has 1 fully saturated rings. The molecule has 1 aromatic heterocycles. The van der Waals surface area contributed by atoms with E-state index < -0.39 is 0 Å². The van der Waals surface area contributed by atoms with E-state index >= 15 is 0 Å². The van der Waals surface area contributed by atoms with E-state index in [2.05, 4.69) is 10.4 Å². The Morgan fingerprint density at radius 1 is 1.03 bits per heavy atom. The predicted octanol–water partition coefficient (Wildman–Crippen LogP) is 3.96. The summed E-state index contributed by atoms with van der Waals surface area (Å²) in [6.45, 7) is 0.738. The number of para-hydroxylation sites is 1. The molecule has 0 unspecified atom stereocenters. The molecule has 1 saturated heterocycles. The Labute approximate surface area is 170 Å². The van der Waals surface area contributed by atoms with Gasteiger partial charge in [-0.2, -0.15) is 5.10 Å². The van der Waals surface area contributed by atoms with Crippen LogP contribution < -0.4 is 10.2 Å². The maximum atomic E-state index is 12.4. The number of amides is 2. The summed E-state index contributed by atoms with van der Waals surface area (Å²) in [6, 6.07) is 17.4. The van der Waals surface area contributed by atoms with Gasteiger partial charge in [0.15, 0.2) is 0 Å². The minimum Gasteiger partial charge on any atom is -0.326 e. The number of rotatable bonds is 6. The minimum atomic E-state index is -0.0559. The van der Waals surface area contributed by atoms with Crippen molar-refractivity contribution in [1.82, 2.24) is 9.78 Å². The van der Waals surface area contributed by atoms with Gasteiger partial charge in [0.1, 0.15) is 0 Å². The quantitative estimate of drug-likeness (QED) is 0.695. The smallest absolute Gasteiger partial charge is 0.226 e. The second-order valence-electron chi connectivity index (χ2n) is 7.23. The number of hydrogen-bond acceptors (Lipinski definition) is 3. The first-order valence-electron chi connectivity index (χ1n) is 9.98. The van der Waals surface area contributed by atoms with Crippen LogP contribution in [0.5, 0.6) is 0 Å². The lowest BCUT2D eigenvalue weighted by molar-refractivity contribution is -0.119. The Balaban J connectivity index is 1.34. The van der Waals surface area contributed by atoms with Crippen LogP contribution in [0.15, 0.2) is 67.0 Å². The van der Waals surface area contributed by atoms with E-state index in [4.69, 9.17) is 0 Å². The zero-order valence-electron chi connectivity index (χ0n) is 16.3. The standard InChI is InChI=1S/C23H24N4O2/c28-22(13-12-18-16-24-27(17-18)20-8-2-1-3-9-20)25-19-7-6-10-21(15-19)26-14-5-4-11-23(26)29/h1-3,6-10,15-17H,4-5,11-14H2,(H,25,28). The van der Waals surface area contributed by atoms with Crippen LogP contribution >= 0.6 is 0 Å². The Bertz CT molecular complexity index is 997. The van der Waals surface area contributed by atoms with Gasteiger partial charge in [-0.15, -0.1) is 0 Å². The van der Waals surface area contributed by atoms with Crippen molar-refractivity contribution in [1.29, 1.82) is 0 Å². The highest BCUT2D eigenvalue weighted by Gasteiger charge is 2.19. The Morgan fingerprint density at radius 2 is 1.86 bits per heavy atom. The number of aryl methyl sites for hydroxylation is 1. The lowest BCUT2D eigenvalue weighted by atomic mass is 10.1. The van der Waals surface area contributed by atoms with E-state index in [9.17, 15) is 9.59 Å². The molecule has 0 bridgehead atoms. The van der Waals surface area contributed by atoms with E-state index in [1.165, 1.54) is 0 Å². The summed E-state index contributed by atoms with van der Waals surface area (Å²) < 4.78 is 1.81. The second kappa shape index (κ2) is 8.73. The van der Waals surface area contributed by atoms with E-state index in [0.717, 1.165) is 36.3 Å². The fourth-order valence-electron chi connectivity index (χ4n) is 3.52. The molecular weight excluding hydrogens is 364 g/mol. The molecule has 1 N–H and O–H groups in total. The molecule has 0 spiro atoms. The first-order chi connectivity index (χ1) is 14.2. The molecule has 148 valence electrons. The predicted molar refractivity (Wildman–Crippen MR) is 113 cm³/mol. The van der Waals surface area contributed by atoms with Crippen molar-refractivity contribution >= 4 is 23.2 Å². The number of carbonyl (C=O) groups is 2. The minimum absolute atomic E-state index is 0.0559. The van der Waals surface area contributed by atoms with Gasteiger partial charge in [0.05, 0.1) is 11.9 Å². The highest BCUT2D eigenvalue weighted by molar-refractivity contribution is 5.96. The lowest BCUT2D eigenvalue weighted by Crippen LogP contribution is -2.35. The average Bonchev–Trinajstić information content (AvgIpc) is 3.23. The zero-order chi connectivity index (χ0) is 20.1. The molecule has 1 aliphatic rings. The van der Waals surface area contributed by atoms with Crippen LogP contribution in [-0.4, -0.2) is 28.1 Å². The Morgan fingerprint density at radius 3 is 2.69 bits per heavy atom. The molecule has 29 heavy (non-hydrogen) atoms. The van der Waals surface area contributed by atoms with Crippen LogP contribution in [0.25, 0.3) is 5.69 Å². The van der Waals surface area contributed by atoms with Crippen molar-refractivity contribution in [3.63, 3.8) is 0 Å². The van der Waals surface area contributed by atoms with E-state index in [1.807, 2.05) is 65.5 Å². The molecule has 0 saturated carbocycles. The molecule has 3 aromatic rings. The molecular formula is C23H24N4O2. The van der Waals surface area contributed by atoms with Gasteiger partial charge in [0, 0.05) is 37.0 Å². The maximum Gasteiger partial charge on any atom is 0.226 e. The Hall–Kier alpha value is -3.41. The average molecular weight is 388 g/mol. The van der Waals surface area contributed by atoms with Crippen molar-refractivity contribution < 1.29 is 9.59 Å². The van der Waals surface area contributed by atoms with Crippen LogP contribution in [0.4, 0.5) is 11.4 Å². The van der Waals surface area contributed by atoms with Crippen LogP contribution in [0, 0.1) is 0 Å². The monoisotopic (exact) mass is 388 g/mol. The third kappa shape index (κ3) is 4.71. The number of nitrogens with one attached hydrogen (secondary N) is 1. The summed E-state index contributed by atoms with van der Waals surface area (Å²) >= 11 is 0. The van der Waals surface area contributed by atoms with E-state index in [1.54, 1.807) is 11.1 Å². The normalized spacial score (nSPS) is 14.1. The van der Waals surface area contributed by atoms with Crippen LogP contribution in [0.1, 0.15) is 31.2 Å². The number of aromatic nitrogens is 2. The van der Waals surface area contributed by atoms with Gasteiger partial charge in [-0.1, -0.05) is 24.3 Å². The number of piperidine rings is 1. The van der Waals surface area contributed by atoms with Crippen molar-refractivity contribution in [3.8, 4) is 5.69 Å². The molecule has 2 heterocycles. The molecule has 0 atom stereocenters. The zero-order valence-corrected chi connectivity index (χ0v) is 16.3. The summed E-state index contributed by atoms with van der Waals surface area (Å²) in [6.07, 6.45) is 7.28. The highest BCUT2D eigenvalue weighted by atomic mass is 16.2. The molecule has 1 aliphatic heterocycles. The van der Waals surface area contributed by atoms with Gasteiger partial charge >= 0.3 is 0 Å². The Kier molecular flexibility index (Phi) is 5.70. The van der Waals surface area contributed by atoms with Gasteiger partial charge in [-0.25, -0.2) is 4.68 Å². The summed E-state index contributed by atoms with van der Waals surface area (Å²) in [4.78, 5) is 26.3.